The van der Waals surface area contributed by atoms with Crippen molar-refractivity contribution in [3.05, 3.63) is 0 Å². The topological polar surface area (TPSA) is 23.6 Å². The van der Waals surface area contributed by atoms with Crippen molar-refractivity contribution >= 4 is 5.91 Å². The van der Waals surface area contributed by atoms with E-state index in [2.05, 4.69) is 23.6 Å². The number of fused-ring (bicyclic) bond motifs is 1. The van der Waals surface area contributed by atoms with Crippen molar-refractivity contribution in [2.24, 2.45) is 5.92 Å². The number of amides is 1. The maximum atomic E-state index is 12.0. The first-order chi connectivity index (χ1) is 6.68. The predicted octanol–water partition coefficient (Wildman–Crippen LogP) is 0.949. The lowest BCUT2D eigenvalue weighted by molar-refractivity contribution is -0.140. The van der Waals surface area contributed by atoms with Gasteiger partial charge in [0, 0.05) is 19.6 Å². The molecule has 0 N–H and O–H groups in total. The smallest absolute Gasteiger partial charge is 0.239 e. The lowest BCUT2D eigenvalue weighted by Gasteiger charge is -2.37. The van der Waals surface area contributed by atoms with E-state index in [9.17, 15) is 4.79 Å². The van der Waals surface area contributed by atoms with E-state index < -0.39 is 0 Å². The molecule has 3 heteroatoms. The van der Waals surface area contributed by atoms with Crippen LogP contribution in [0, 0.1) is 5.92 Å². The molecule has 0 saturated carbocycles. The highest BCUT2D eigenvalue weighted by Gasteiger charge is 2.37. The highest BCUT2D eigenvalue weighted by molar-refractivity contribution is 5.83. The minimum absolute atomic E-state index is 0.225. The molecule has 2 heterocycles. The van der Waals surface area contributed by atoms with Crippen LogP contribution in [0.2, 0.25) is 0 Å². The molecule has 14 heavy (non-hydrogen) atoms. The van der Waals surface area contributed by atoms with Gasteiger partial charge in [0.1, 0.15) is 0 Å². The third-order valence-electron chi connectivity index (χ3n) is 3.20. The first-order valence-electron chi connectivity index (χ1n) is 5.71. The molecule has 2 saturated heterocycles. The summed E-state index contributed by atoms with van der Waals surface area (Å²) in [4.78, 5) is 16.4. The second-order valence-electron chi connectivity index (χ2n) is 4.87. The third kappa shape index (κ3) is 1.78. The van der Waals surface area contributed by atoms with Gasteiger partial charge in [0.2, 0.25) is 5.91 Å². The Morgan fingerprint density at radius 1 is 1.36 bits per heavy atom. The molecule has 0 spiro atoms. The van der Waals surface area contributed by atoms with Gasteiger partial charge in [-0.1, -0.05) is 13.8 Å². The van der Waals surface area contributed by atoms with Gasteiger partial charge in [0.15, 0.2) is 0 Å². The zero-order valence-electron chi connectivity index (χ0n) is 9.20. The average molecular weight is 196 g/mol. The molecule has 1 unspecified atom stereocenters. The molecule has 1 atom stereocenters. The van der Waals surface area contributed by atoms with Crippen LogP contribution in [0.1, 0.15) is 26.7 Å². The summed E-state index contributed by atoms with van der Waals surface area (Å²) in [5, 5.41) is 0. The van der Waals surface area contributed by atoms with Crippen molar-refractivity contribution in [1.29, 1.82) is 0 Å². The molecule has 0 bridgehead atoms. The number of hydrogen-bond donors (Lipinski definition) is 0. The summed E-state index contributed by atoms with van der Waals surface area (Å²) in [7, 11) is 0. The van der Waals surface area contributed by atoms with Gasteiger partial charge in [-0.05, 0) is 25.3 Å². The molecule has 1 amide bonds. The van der Waals surface area contributed by atoms with Crippen molar-refractivity contribution in [2.75, 3.05) is 26.2 Å². The van der Waals surface area contributed by atoms with Crippen LogP contribution in [0.5, 0.6) is 0 Å². The monoisotopic (exact) mass is 196 g/mol. The second kappa shape index (κ2) is 3.89. The second-order valence-corrected chi connectivity index (χ2v) is 4.87. The summed E-state index contributed by atoms with van der Waals surface area (Å²) in [5.41, 5.74) is 0. The molecule has 2 fully saturated rings. The van der Waals surface area contributed by atoms with Gasteiger partial charge in [0.05, 0.1) is 6.04 Å². The van der Waals surface area contributed by atoms with Crippen LogP contribution in [-0.2, 0) is 4.79 Å². The van der Waals surface area contributed by atoms with Gasteiger partial charge < -0.3 is 4.90 Å². The number of carbonyl (C=O) groups excluding carboxylic acids is 1. The Bertz CT molecular complexity index is 227. The van der Waals surface area contributed by atoms with E-state index in [0.717, 1.165) is 32.6 Å². The minimum Gasteiger partial charge on any atom is -0.340 e. The van der Waals surface area contributed by atoms with Crippen molar-refractivity contribution in [3.63, 3.8) is 0 Å². The summed E-state index contributed by atoms with van der Waals surface area (Å²) in [6, 6.07) is 0.225. The van der Waals surface area contributed by atoms with E-state index in [0.29, 0.717) is 11.8 Å². The van der Waals surface area contributed by atoms with Gasteiger partial charge in [-0.3, -0.25) is 9.69 Å². The fourth-order valence-corrected chi connectivity index (χ4v) is 2.57. The Balaban J connectivity index is 1.98. The summed E-state index contributed by atoms with van der Waals surface area (Å²) in [6.45, 7) is 8.44. The molecule has 0 aromatic rings. The molecule has 80 valence electrons. The largest absolute Gasteiger partial charge is 0.340 e. The van der Waals surface area contributed by atoms with Crippen LogP contribution < -0.4 is 0 Å². The van der Waals surface area contributed by atoms with Crippen molar-refractivity contribution < 1.29 is 4.79 Å². The number of hydrogen-bond acceptors (Lipinski definition) is 2. The standard InChI is InChI=1S/C11H20N2O/c1-9(2)8-13-7-6-12-5-3-4-10(12)11(13)14/h9-10H,3-8H2,1-2H3. The van der Waals surface area contributed by atoms with E-state index in [4.69, 9.17) is 0 Å². The number of carbonyl (C=O) groups is 1. The molecule has 2 aliphatic heterocycles. The lowest BCUT2D eigenvalue weighted by Crippen LogP contribution is -2.54. The molecule has 0 aliphatic carbocycles. The lowest BCUT2D eigenvalue weighted by atomic mass is 10.1. The van der Waals surface area contributed by atoms with Crippen LogP contribution in [0.25, 0.3) is 0 Å². The molecule has 2 rings (SSSR count). The summed E-state index contributed by atoms with van der Waals surface area (Å²) < 4.78 is 0. The van der Waals surface area contributed by atoms with Crippen LogP contribution in [-0.4, -0.2) is 47.9 Å². The van der Waals surface area contributed by atoms with Crippen LogP contribution in [0.4, 0.5) is 0 Å². The van der Waals surface area contributed by atoms with Crippen molar-refractivity contribution in [2.45, 2.75) is 32.7 Å². The van der Waals surface area contributed by atoms with Crippen molar-refractivity contribution in [1.82, 2.24) is 9.80 Å². The molecule has 2 aliphatic rings. The Morgan fingerprint density at radius 3 is 2.86 bits per heavy atom. The Hall–Kier alpha value is -0.570. The number of rotatable bonds is 2. The third-order valence-corrected chi connectivity index (χ3v) is 3.20. The number of piperazine rings is 1. The van der Waals surface area contributed by atoms with Gasteiger partial charge in [-0.25, -0.2) is 0 Å². The van der Waals surface area contributed by atoms with Gasteiger partial charge in [0.25, 0.3) is 0 Å². The molecular weight excluding hydrogens is 176 g/mol. The molecular formula is C11H20N2O. The van der Waals surface area contributed by atoms with Gasteiger partial charge in [-0.2, -0.15) is 0 Å². The van der Waals surface area contributed by atoms with E-state index in [1.54, 1.807) is 0 Å². The summed E-state index contributed by atoms with van der Waals surface area (Å²) >= 11 is 0. The zero-order valence-corrected chi connectivity index (χ0v) is 9.20. The summed E-state index contributed by atoms with van der Waals surface area (Å²) in [5.74, 6) is 0.967. The molecule has 0 aromatic carbocycles. The maximum absolute atomic E-state index is 12.0. The number of nitrogens with zero attached hydrogens (tertiary/aromatic N) is 2. The normalized spacial score (nSPS) is 28.6. The van der Waals surface area contributed by atoms with E-state index in [-0.39, 0.29) is 6.04 Å². The predicted molar refractivity (Wildman–Crippen MR) is 56.0 cm³/mol. The maximum Gasteiger partial charge on any atom is 0.239 e. The SMILES string of the molecule is CC(C)CN1CCN2CCCC2C1=O. The van der Waals surface area contributed by atoms with Crippen LogP contribution in [0.3, 0.4) is 0 Å². The van der Waals surface area contributed by atoms with Gasteiger partial charge >= 0.3 is 0 Å². The highest BCUT2D eigenvalue weighted by Crippen LogP contribution is 2.22. The average Bonchev–Trinajstić information content (AvgIpc) is 2.57. The molecule has 0 radical (unpaired) electrons. The Labute approximate surface area is 86.1 Å². The first-order valence-corrected chi connectivity index (χ1v) is 5.71. The summed E-state index contributed by atoms with van der Waals surface area (Å²) in [6.07, 6.45) is 2.28. The van der Waals surface area contributed by atoms with E-state index >= 15 is 0 Å². The van der Waals surface area contributed by atoms with E-state index in [1.165, 1.54) is 6.42 Å². The van der Waals surface area contributed by atoms with Gasteiger partial charge in [-0.15, -0.1) is 0 Å². The van der Waals surface area contributed by atoms with Crippen LogP contribution in [0.15, 0.2) is 0 Å². The minimum atomic E-state index is 0.225. The Morgan fingerprint density at radius 2 is 2.14 bits per heavy atom. The quantitative estimate of drug-likeness (QED) is 0.656. The fourth-order valence-electron chi connectivity index (χ4n) is 2.57. The zero-order chi connectivity index (χ0) is 10.1. The Kier molecular flexibility index (Phi) is 2.77. The fraction of sp³-hybridized carbons (Fsp3) is 0.909. The first kappa shape index (κ1) is 9.97. The van der Waals surface area contributed by atoms with Crippen LogP contribution >= 0.6 is 0 Å². The van der Waals surface area contributed by atoms with E-state index in [1.807, 2.05) is 0 Å². The highest BCUT2D eigenvalue weighted by atomic mass is 16.2. The molecule has 3 nitrogen and oxygen atoms in total. The van der Waals surface area contributed by atoms with Crippen molar-refractivity contribution in [3.8, 4) is 0 Å². The molecule has 0 aromatic heterocycles.